The zero-order chi connectivity index (χ0) is 17.9. The molecule has 27 heavy (non-hydrogen) atoms. The van der Waals surface area contributed by atoms with Crippen LogP contribution in [0.15, 0.2) is 64.4 Å². The highest BCUT2D eigenvalue weighted by Crippen LogP contribution is 2.25. The number of rotatable bonds is 6. The second-order valence-electron chi connectivity index (χ2n) is 6.44. The number of hydrogen-bond donors (Lipinski definition) is 2. The van der Waals surface area contributed by atoms with Crippen molar-refractivity contribution in [2.45, 2.75) is 30.4 Å². The molecule has 2 aromatic carbocycles. The summed E-state index contributed by atoms with van der Waals surface area (Å²) in [5.41, 5.74) is 9.06. The van der Waals surface area contributed by atoms with Crippen LogP contribution in [0.3, 0.4) is 0 Å². The minimum Gasteiger partial charge on any atom is -1.00 e. The van der Waals surface area contributed by atoms with Gasteiger partial charge < -0.3 is 27.5 Å². The lowest BCUT2D eigenvalue weighted by Gasteiger charge is -2.03. The minimum absolute atomic E-state index is 0. The average molecular weight is 401 g/mol. The Morgan fingerprint density at radius 2 is 1.89 bits per heavy atom. The Hall–Kier alpha value is -2.28. The molecule has 4 rings (SSSR count). The number of aromatic amines is 1. The van der Waals surface area contributed by atoms with Crippen molar-refractivity contribution in [1.82, 2.24) is 15.2 Å². The maximum atomic E-state index is 5.82. The summed E-state index contributed by atoms with van der Waals surface area (Å²) in [5, 5.41) is 10.2. The number of H-pyrrole nitrogens is 1. The summed E-state index contributed by atoms with van der Waals surface area (Å²) < 4.78 is 5.82. The molecule has 0 bridgehead atoms. The quantitative estimate of drug-likeness (QED) is 0.466. The number of thioether (sulfide) groups is 1. The van der Waals surface area contributed by atoms with Gasteiger partial charge in [-0.1, -0.05) is 59.8 Å². The minimum atomic E-state index is -0.0737. The fraction of sp³-hybridized carbons (Fsp3) is 0.200. The molecule has 2 heterocycles. The molecule has 0 unspecified atom stereocenters. The number of aromatic nitrogens is 3. The van der Waals surface area contributed by atoms with E-state index in [4.69, 9.17) is 4.42 Å². The third-order valence-corrected chi connectivity index (χ3v) is 5.29. The van der Waals surface area contributed by atoms with Crippen LogP contribution in [0.5, 0.6) is 0 Å². The fourth-order valence-electron chi connectivity index (χ4n) is 2.93. The van der Waals surface area contributed by atoms with E-state index in [0.29, 0.717) is 11.1 Å². The molecule has 0 aliphatic rings. The Balaban J connectivity index is 0.00000210. The maximum Gasteiger partial charge on any atom is 0.277 e. The van der Waals surface area contributed by atoms with Crippen LogP contribution >= 0.6 is 11.8 Å². The largest absolute Gasteiger partial charge is 1.00 e. The van der Waals surface area contributed by atoms with Crippen LogP contribution in [0.1, 0.15) is 28.6 Å². The number of quaternary nitrogens is 1. The summed E-state index contributed by atoms with van der Waals surface area (Å²) in [6.07, 6.45) is 2.79. The van der Waals surface area contributed by atoms with Gasteiger partial charge in [0, 0.05) is 29.3 Å². The number of hydrogen-bond acceptors (Lipinski definition) is 4. The SMILES string of the molecule is Cc1ccc(CSc2nnc([C@@H]([NH3+])Cc3c[nH]c4ccccc34)o2)cc1.[Cl-]. The van der Waals surface area contributed by atoms with E-state index in [1.54, 1.807) is 11.8 Å². The highest BCUT2D eigenvalue weighted by molar-refractivity contribution is 7.98. The Labute approximate surface area is 168 Å². The predicted octanol–water partition coefficient (Wildman–Crippen LogP) is 0.681. The van der Waals surface area contributed by atoms with Gasteiger partial charge in [0.25, 0.3) is 11.1 Å². The van der Waals surface area contributed by atoms with Crippen LogP contribution in [-0.4, -0.2) is 15.2 Å². The third-order valence-electron chi connectivity index (χ3n) is 4.40. The lowest BCUT2D eigenvalue weighted by molar-refractivity contribution is -0.431. The molecule has 5 nitrogen and oxygen atoms in total. The Morgan fingerprint density at radius 1 is 1.11 bits per heavy atom. The molecule has 4 aromatic rings. The van der Waals surface area contributed by atoms with Crippen molar-refractivity contribution in [2.75, 3.05) is 0 Å². The van der Waals surface area contributed by atoms with E-state index in [9.17, 15) is 0 Å². The Kier molecular flexibility index (Phi) is 6.21. The first-order valence-corrected chi connectivity index (χ1v) is 9.57. The molecule has 2 aromatic heterocycles. The first-order chi connectivity index (χ1) is 12.7. The van der Waals surface area contributed by atoms with E-state index in [0.717, 1.165) is 17.7 Å². The molecule has 0 radical (unpaired) electrons. The highest BCUT2D eigenvalue weighted by Gasteiger charge is 2.20. The van der Waals surface area contributed by atoms with Crippen molar-refractivity contribution in [3.05, 3.63) is 77.3 Å². The Morgan fingerprint density at radius 3 is 2.70 bits per heavy atom. The van der Waals surface area contributed by atoms with E-state index < -0.39 is 0 Å². The maximum absolute atomic E-state index is 5.82. The molecule has 0 amide bonds. The molecule has 0 fully saturated rings. The van der Waals surface area contributed by atoms with Gasteiger partial charge in [-0.15, -0.1) is 10.2 Å². The van der Waals surface area contributed by atoms with Gasteiger partial charge in [-0.05, 0) is 24.1 Å². The lowest BCUT2D eigenvalue weighted by atomic mass is 10.1. The van der Waals surface area contributed by atoms with Gasteiger partial charge in [0.05, 0.1) is 0 Å². The number of nitrogens with one attached hydrogen (secondary N) is 1. The van der Waals surface area contributed by atoms with Gasteiger partial charge in [-0.3, -0.25) is 0 Å². The molecule has 1 atom stereocenters. The standard InChI is InChI=1S/C20H20N4OS.ClH/c1-13-6-8-14(9-7-13)12-26-20-24-23-19(25-20)17(21)10-15-11-22-18-5-3-2-4-16(15)18;/h2-9,11,17,22H,10,12,21H2,1H3;1H/t17-;/m0./s1. The first-order valence-electron chi connectivity index (χ1n) is 8.59. The number of nitrogens with zero attached hydrogens (tertiary/aromatic N) is 2. The van der Waals surface area contributed by atoms with Crippen molar-refractivity contribution >= 4 is 22.7 Å². The van der Waals surface area contributed by atoms with Gasteiger partial charge in [-0.2, -0.15) is 0 Å². The molecular formula is C20H21ClN4OS. The number of benzene rings is 2. The number of para-hydroxylation sites is 1. The zero-order valence-corrected chi connectivity index (χ0v) is 16.6. The third kappa shape index (κ3) is 4.53. The van der Waals surface area contributed by atoms with E-state index in [-0.39, 0.29) is 18.4 Å². The fourth-order valence-corrected chi connectivity index (χ4v) is 3.65. The van der Waals surface area contributed by atoms with Crippen molar-refractivity contribution in [2.24, 2.45) is 0 Å². The van der Waals surface area contributed by atoms with Crippen LogP contribution in [-0.2, 0) is 12.2 Å². The number of aryl methyl sites for hydroxylation is 1. The molecular weight excluding hydrogens is 380 g/mol. The van der Waals surface area contributed by atoms with Crippen molar-refractivity contribution < 1.29 is 22.6 Å². The van der Waals surface area contributed by atoms with E-state index in [1.807, 2.05) is 18.3 Å². The van der Waals surface area contributed by atoms with Gasteiger partial charge in [0.2, 0.25) is 0 Å². The van der Waals surface area contributed by atoms with Crippen LogP contribution in [0.4, 0.5) is 0 Å². The molecule has 4 N–H and O–H groups in total. The summed E-state index contributed by atoms with van der Waals surface area (Å²) in [6.45, 7) is 2.09. The molecule has 0 saturated carbocycles. The molecule has 140 valence electrons. The van der Waals surface area contributed by atoms with E-state index in [1.165, 1.54) is 22.1 Å². The number of halogens is 1. The van der Waals surface area contributed by atoms with Gasteiger partial charge in [-0.25, -0.2) is 0 Å². The normalized spacial score (nSPS) is 12.1. The topological polar surface area (TPSA) is 82.4 Å². The van der Waals surface area contributed by atoms with Crippen molar-refractivity contribution in [3.63, 3.8) is 0 Å². The van der Waals surface area contributed by atoms with E-state index >= 15 is 0 Å². The van der Waals surface area contributed by atoms with Crippen molar-refractivity contribution in [3.8, 4) is 0 Å². The summed E-state index contributed by atoms with van der Waals surface area (Å²) in [4.78, 5) is 3.29. The first kappa shape index (κ1) is 19.5. The molecule has 0 aliphatic heterocycles. The number of fused-ring (bicyclic) bond motifs is 1. The summed E-state index contributed by atoms with van der Waals surface area (Å²) in [6, 6.07) is 16.7. The monoisotopic (exact) mass is 400 g/mol. The van der Waals surface area contributed by atoms with Crippen LogP contribution < -0.4 is 18.1 Å². The van der Waals surface area contributed by atoms with Crippen LogP contribution in [0, 0.1) is 6.92 Å². The summed E-state index contributed by atoms with van der Waals surface area (Å²) >= 11 is 1.55. The van der Waals surface area contributed by atoms with E-state index in [2.05, 4.69) is 64.2 Å². The predicted molar refractivity (Wildman–Crippen MR) is 103 cm³/mol. The highest BCUT2D eigenvalue weighted by atomic mass is 35.5. The summed E-state index contributed by atoms with van der Waals surface area (Å²) in [5.74, 6) is 1.40. The molecule has 0 spiro atoms. The summed E-state index contributed by atoms with van der Waals surface area (Å²) in [7, 11) is 0. The Bertz CT molecular complexity index is 1010. The van der Waals surface area contributed by atoms with Gasteiger partial charge in [0.1, 0.15) is 0 Å². The smallest absolute Gasteiger partial charge is 0.277 e. The molecule has 7 heteroatoms. The van der Waals surface area contributed by atoms with Crippen molar-refractivity contribution in [1.29, 1.82) is 0 Å². The van der Waals surface area contributed by atoms with Gasteiger partial charge >= 0.3 is 0 Å². The van der Waals surface area contributed by atoms with Crippen LogP contribution in [0.2, 0.25) is 0 Å². The average Bonchev–Trinajstić information content (AvgIpc) is 3.29. The lowest BCUT2D eigenvalue weighted by Crippen LogP contribution is -3.00. The second-order valence-corrected chi connectivity index (χ2v) is 7.37. The molecule has 0 aliphatic carbocycles. The van der Waals surface area contributed by atoms with Crippen LogP contribution in [0.25, 0.3) is 10.9 Å². The molecule has 0 saturated heterocycles. The zero-order valence-electron chi connectivity index (χ0n) is 15.0. The second kappa shape index (κ2) is 8.61. The van der Waals surface area contributed by atoms with Gasteiger partial charge in [0.15, 0.2) is 6.04 Å².